The van der Waals surface area contributed by atoms with Crippen LogP contribution in [0.4, 0.5) is 4.79 Å². The molecule has 0 bridgehead atoms. The zero-order valence-corrected chi connectivity index (χ0v) is 22.4. The largest absolute Gasteiger partial charge is 0.508 e. The predicted octanol–water partition coefficient (Wildman–Crippen LogP) is 4.12. The van der Waals surface area contributed by atoms with Crippen molar-refractivity contribution in [1.82, 2.24) is 16.0 Å². The normalized spacial score (nSPS) is 12.4. The molecule has 0 radical (unpaired) electrons. The van der Waals surface area contributed by atoms with Crippen LogP contribution in [0.25, 0.3) is 0 Å². The number of hydrogen-bond acceptors (Lipinski definition) is 6. The van der Waals surface area contributed by atoms with Crippen LogP contribution in [-0.2, 0) is 33.8 Å². The van der Waals surface area contributed by atoms with E-state index >= 15 is 0 Å². The van der Waals surface area contributed by atoms with E-state index in [1.165, 1.54) is 12.1 Å². The van der Waals surface area contributed by atoms with Gasteiger partial charge in [-0.1, -0.05) is 86.6 Å². The average Bonchev–Trinajstić information content (AvgIpc) is 2.93. The average molecular weight is 532 g/mol. The summed E-state index contributed by atoms with van der Waals surface area (Å²) in [5.74, 6) is -0.775. The second-order valence-electron chi connectivity index (χ2n) is 9.85. The lowest BCUT2D eigenvalue weighted by Gasteiger charge is -2.22. The van der Waals surface area contributed by atoms with Crippen LogP contribution in [0.1, 0.15) is 37.0 Å². The van der Waals surface area contributed by atoms with E-state index in [1.54, 1.807) is 12.1 Å². The fraction of sp³-hybridized carbons (Fsp3) is 0.323. The summed E-state index contributed by atoms with van der Waals surface area (Å²) in [6, 6.07) is 23.8. The van der Waals surface area contributed by atoms with Crippen LogP contribution in [0.2, 0.25) is 0 Å². The van der Waals surface area contributed by atoms with Crippen LogP contribution in [-0.4, -0.2) is 41.6 Å². The van der Waals surface area contributed by atoms with Gasteiger partial charge >= 0.3 is 6.09 Å². The lowest BCUT2D eigenvalue weighted by molar-refractivity contribution is -0.133. The Labute approximate surface area is 229 Å². The SMILES string of the molecule is CC(C)C[C@H](NCCc1ccccc1)C(=O)NC(=O)[C@H](Cc1ccc(O)cc1)NC(=O)OCc1ccccc1. The van der Waals surface area contributed by atoms with Crippen LogP contribution in [0.3, 0.4) is 0 Å². The zero-order valence-electron chi connectivity index (χ0n) is 22.4. The molecule has 8 nitrogen and oxygen atoms in total. The van der Waals surface area contributed by atoms with Gasteiger partial charge in [-0.2, -0.15) is 0 Å². The Morgan fingerprint density at radius 1 is 0.769 bits per heavy atom. The van der Waals surface area contributed by atoms with Crippen molar-refractivity contribution in [1.29, 1.82) is 0 Å². The smallest absolute Gasteiger partial charge is 0.408 e. The maximum Gasteiger partial charge on any atom is 0.408 e. The number of carbonyl (C=O) groups is 3. The Hall–Kier alpha value is -4.17. The molecular weight excluding hydrogens is 494 g/mol. The molecule has 39 heavy (non-hydrogen) atoms. The quantitative estimate of drug-likeness (QED) is 0.264. The van der Waals surface area contributed by atoms with Gasteiger partial charge in [0.2, 0.25) is 11.8 Å². The number of rotatable bonds is 13. The summed E-state index contributed by atoms with van der Waals surface area (Å²) >= 11 is 0. The summed E-state index contributed by atoms with van der Waals surface area (Å²) in [6.07, 6.45) is 0.624. The number of amides is 3. The van der Waals surface area contributed by atoms with Crippen molar-refractivity contribution in [3.05, 3.63) is 102 Å². The van der Waals surface area contributed by atoms with Gasteiger partial charge in [0.25, 0.3) is 0 Å². The summed E-state index contributed by atoms with van der Waals surface area (Å²) in [5.41, 5.74) is 2.65. The van der Waals surface area contributed by atoms with E-state index < -0.39 is 30.0 Å². The maximum absolute atomic E-state index is 13.2. The van der Waals surface area contributed by atoms with Crippen molar-refractivity contribution in [3.63, 3.8) is 0 Å². The molecular formula is C31H37N3O5. The minimum Gasteiger partial charge on any atom is -0.508 e. The van der Waals surface area contributed by atoms with E-state index in [1.807, 2.05) is 74.5 Å². The number of nitrogens with one attached hydrogen (secondary N) is 3. The minimum atomic E-state index is -1.06. The summed E-state index contributed by atoms with van der Waals surface area (Å²) in [5, 5.41) is 17.9. The summed E-state index contributed by atoms with van der Waals surface area (Å²) in [6.45, 7) is 4.64. The van der Waals surface area contributed by atoms with Crippen LogP contribution in [0.5, 0.6) is 5.75 Å². The summed E-state index contributed by atoms with van der Waals surface area (Å²) < 4.78 is 5.30. The number of imide groups is 1. The number of phenols is 1. The third-order valence-corrected chi connectivity index (χ3v) is 6.11. The van der Waals surface area contributed by atoms with Crippen molar-refractivity contribution in [2.45, 2.75) is 51.8 Å². The van der Waals surface area contributed by atoms with Crippen molar-refractivity contribution in [2.75, 3.05) is 6.54 Å². The van der Waals surface area contributed by atoms with Crippen molar-refractivity contribution in [2.24, 2.45) is 5.92 Å². The van der Waals surface area contributed by atoms with Gasteiger partial charge in [-0.05, 0) is 54.1 Å². The first-order valence-electron chi connectivity index (χ1n) is 13.2. The predicted molar refractivity (Wildman–Crippen MR) is 150 cm³/mol. The minimum absolute atomic E-state index is 0.0426. The molecule has 0 unspecified atom stereocenters. The molecule has 4 N–H and O–H groups in total. The summed E-state index contributed by atoms with van der Waals surface area (Å²) in [7, 11) is 0. The van der Waals surface area contributed by atoms with Crippen molar-refractivity contribution in [3.8, 4) is 5.75 Å². The van der Waals surface area contributed by atoms with Gasteiger partial charge in [-0.3, -0.25) is 14.9 Å². The fourth-order valence-corrected chi connectivity index (χ4v) is 4.07. The molecule has 0 aliphatic heterocycles. The third-order valence-electron chi connectivity index (χ3n) is 6.11. The highest BCUT2D eigenvalue weighted by Gasteiger charge is 2.27. The third kappa shape index (κ3) is 10.6. The van der Waals surface area contributed by atoms with Gasteiger partial charge < -0.3 is 20.5 Å². The van der Waals surface area contributed by atoms with E-state index in [2.05, 4.69) is 16.0 Å². The highest BCUT2D eigenvalue weighted by molar-refractivity contribution is 6.01. The van der Waals surface area contributed by atoms with Gasteiger partial charge in [0, 0.05) is 6.42 Å². The molecule has 0 saturated carbocycles. The van der Waals surface area contributed by atoms with Crippen LogP contribution in [0.15, 0.2) is 84.9 Å². The molecule has 3 rings (SSSR count). The molecule has 0 aliphatic carbocycles. The van der Waals surface area contributed by atoms with Crippen molar-refractivity contribution >= 4 is 17.9 Å². The highest BCUT2D eigenvalue weighted by Crippen LogP contribution is 2.12. The fourth-order valence-electron chi connectivity index (χ4n) is 4.07. The topological polar surface area (TPSA) is 117 Å². The first-order chi connectivity index (χ1) is 18.8. The molecule has 3 aromatic carbocycles. The number of hydrogen-bond donors (Lipinski definition) is 4. The van der Waals surface area contributed by atoms with Crippen LogP contribution >= 0.6 is 0 Å². The van der Waals surface area contributed by atoms with Gasteiger partial charge in [0.05, 0.1) is 6.04 Å². The van der Waals surface area contributed by atoms with Gasteiger partial charge in [-0.15, -0.1) is 0 Å². The van der Waals surface area contributed by atoms with Crippen LogP contribution < -0.4 is 16.0 Å². The Balaban J connectivity index is 1.64. The Bertz CT molecular complexity index is 1180. The zero-order chi connectivity index (χ0) is 28.0. The van der Waals surface area contributed by atoms with E-state index in [4.69, 9.17) is 4.74 Å². The number of alkyl carbamates (subject to hydrolysis) is 1. The molecule has 0 aliphatic rings. The molecule has 3 aromatic rings. The standard InChI is InChI=1S/C31H37N3O5/c1-22(2)19-27(32-18-17-23-9-5-3-6-10-23)29(36)34-30(37)28(20-24-13-15-26(35)16-14-24)33-31(38)39-21-25-11-7-4-8-12-25/h3-16,22,27-28,32,35H,17-21H2,1-2H3,(H,33,38)(H,34,36,37)/t27-,28-/m0/s1. The molecule has 0 aromatic heterocycles. The molecule has 0 heterocycles. The number of carbonyl (C=O) groups excluding carboxylic acids is 3. The van der Waals surface area contributed by atoms with Crippen molar-refractivity contribution < 1.29 is 24.2 Å². The van der Waals surface area contributed by atoms with Gasteiger partial charge in [0.1, 0.15) is 18.4 Å². The van der Waals surface area contributed by atoms with Gasteiger partial charge in [0.15, 0.2) is 0 Å². The molecule has 0 saturated heterocycles. The summed E-state index contributed by atoms with van der Waals surface area (Å²) in [4.78, 5) is 39.0. The first-order valence-corrected chi connectivity index (χ1v) is 13.2. The molecule has 206 valence electrons. The monoisotopic (exact) mass is 531 g/mol. The van der Waals surface area contributed by atoms with E-state index in [0.29, 0.717) is 18.5 Å². The second-order valence-corrected chi connectivity index (χ2v) is 9.85. The second kappa shape index (κ2) is 15.3. The maximum atomic E-state index is 13.2. The van der Waals surface area contributed by atoms with E-state index in [0.717, 1.165) is 17.5 Å². The Morgan fingerprint density at radius 3 is 1.97 bits per heavy atom. The van der Waals surface area contributed by atoms with E-state index in [-0.39, 0.29) is 24.7 Å². The van der Waals surface area contributed by atoms with Gasteiger partial charge in [-0.25, -0.2) is 4.79 Å². The Morgan fingerprint density at radius 2 is 1.36 bits per heavy atom. The lowest BCUT2D eigenvalue weighted by atomic mass is 10.0. The highest BCUT2D eigenvalue weighted by atomic mass is 16.5. The first kappa shape index (κ1) is 29.4. The molecule has 2 atom stereocenters. The number of benzene rings is 3. The number of ether oxygens (including phenoxy) is 1. The lowest BCUT2D eigenvalue weighted by Crippen LogP contribution is -2.54. The molecule has 0 spiro atoms. The van der Waals surface area contributed by atoms with E-state index in [9.17, 15) is 19.5 Å². The number of aromatic hydroxyl groups is 1. The molecule has 3 amide bonds. The molecule has 8 heteroatoms. The number of phenolic OH excluding ortho intramolecular Hbond substituents is 1. The molecule has 0 fully saturated rings. The Kier molecular flexibility index (Phi) is 11.5. The van der Waals surface area contributed by atoms with Crippen LogP contribution in [0, 0.1) is 5.92 Å².